The number of benzene rings is 3. The molecule has 0 aliphatic heterocycles. The third kappa shape index (κ3) is 7.87. The van der Waals surface area contributed by atoms with Crippen LogP contribution in [0.25, 0.3) is 0 Å². The van der Waals surface area contributed by atoms with Crippen molar-refractivity contribution in [2.75, 3.05) is 13.2 Å². The number of ether oxygens (including phenoxy) is 1. The summed E-state index contributed by atoms with van der Waals surface area (Å²) < 4.78 is 6.40. The number of amides is 2. The summed E-state index contributed by atoms with van der Waals surface area (Å²) in [5.74, 6) is -0.141. The number of hydrogen-bond acceptors (Lipinski definition) is 3. The van der Waals surface area contributed by atoms with Gasteiger partial charge in [0.05, 0.1) is 14.5 Å². The molecule has 0 unspecified atom stereocenters. The third-order valence-corrected chi connectivity index (χ3v) is 6.80. The number of nitrogens with zero attached hydrogens (tertiary/aromatic N) is 1. The maximum atomic E-state index is 13.5. The van der Waals surface area contributed by atoms with Crippen LogP contribution in [0.15, 0.2) is 71.2 Å². The lowest BCUT2D eigenvalue weighted by atomic mass is 10.0. The van der Waals surface area contributed by atoms with E-state index in [-0.39, 0.29) is 25.0 Å². The highest BCUT2D eigenvalue weighted by molar-refractivity contribution is 9.10. The first-order valence-corrected chi connectivity index (χ1v) is 12.8. The summed E-state index contributed by atoms with van der Waals surface area (Å²) in [6.45, 7) is 2.15. The molecule has 0 heterocycles. The van der Waals surface area contributed by atoms with Crippen LogP contribution in [0.3, 0.4) is 0 Å². The van der Waals surface area contributed by atoms with Crippen molar-refractivity contribution in [3.63, 3.8) is 0 Å². The van der Waals surface area contributed by atoms with Crippen LogP contribution < -0.4 is 10.1 Å². The zero-order valence-electron chi connectivity index (χ0n) is 18.9. The molecule has 3 rings (SSSR count). The van der Waals surface area contributed by atoms with E-state index in [1.54, 1.807) is 36.4 Å². The number of carbonyl (C=O) groups is 2. The molecule has 1 atom stereocenters. The largest absolute Gasteiger partial charge is 0.483 e. The van der Waals surface area contributed by atoms with Gasteiger partial charge in [-0.15, -0.1) is 0 Å². The van der Waals surface area contributed by atoms with Gasteiger partial charge in [-0.1, -0.05) is 71.2 Å². The standard InChI is InChI=1S/C26H24BrCl3N2O3/c1-2-31-26(34)23(13-17-6-4-3-5-7-17)32(15-18-8-10-21(29)22(30)12-18)25(33)16-35-24-11-9-19(28)14-20(24)27/h3-12,14,23H,2,13,15-16H2,1H3,(H,31,34)/t23-/m1/s1. The normalized spacial score (nSPS) is 11.6. The molecule has 35 heavy (non-hydrogen) atoms. The number of likely N-dealkylation sites (N-methyl/N-ethyl adjacent to an activating group) is 1. The Morgan fingerprint density at radius 3 is 2.37 bits per heavy atom. The van der Waals surface area contributed by atoms with Gasteiger partial charge < -0.3 is 15.0 Å². The molecule has 0 saturated carbocycles. The van der Waals surface area contributed by atoms with E-state index in [0.29, 0.717) is 38.3 Å². The van der Waals surface area contributed by atoms with Crippen molar-refractivity contribution >= 4 is 62.5 Å². The topological polar surface area (TPSA) is 58.6 Å². The number of hydrogen-bond donors (Lipinski definition) is 1. The quantitative estimate of drug-likeness (QED) is 0.288. The Balaban J connectivity index is 1.92. The van der Waals surface area contributed by atoms with Gasteiger partial charge in [-0.25, -0.2) is 0 Å². The minimum absolute atomic E-state index is 0.148. The Labute approximate surface area is 228 Å². The molecule has 184 valence electrons. The fourth-order valence-electron chi connectivity index (χ4n) is 3.50. The summed E-state index contributed by atoms with van der Waals surface area (Å²) in [5.41, 5.74) is 1.67. The van der Waals surface area contributed by atoms with Gasteiger partial charge in [-0.3, -0.25) is 9.59 Å². The van der Waals surface area contributed by atoms with Crippen LogP contribution in [0.5, 0.6) is 5.75 Å². The number of carbonyl (C=O) groups excluding carboxylic acids is 2. The second-order valence-corrected chi connectivity index (χ2v) is 9.84. The van der Waals surface area contributed by atoms with Crippen molar-refractivity contribution in [2.45, 2.75) is 25.9 Å². The first-order valence-electron chi connectivity index (χ1n) is 10.9. The van der Waals surface area contributed by atoms with E-state index in [9.17, 15) is 9.59 Å². The molecule has 0 aromatic heterocycles. The molecular weight excluding hydrogens is 575 g/mol. The van der Waals surface area contributed by atoms with Gasteiger partial charge >= 0.3 is 0 Å². The average Bonchev–Trinajstić information content (AvgIpc) is 2.83. The Morgan fingerprint density at radius 1 is 0.971 bits per heavy atom. The highest BCUT2D eigenvalue weighted by Gasteiger charge is 2.30. The van der Waals surface area contributed by atoms with Gasteiger partial charge in [0.25, 0.3) is 5.91 Å². The predicted octanol–water partition coefficient (Wildman–Crippen LogP) is 6.56. The molecule has 0 radical (unpaired) electrons. The average molecular weight is 599 g/mol. The maximum absolute atomic E-state index is 13.5. The fraction of sp³-hybridized carbons (Fsp3) is 0.231. The van der Waals surface area contributed by atoms with Crippen LogP contribution in [0.4, 0.5) is 0 Å². The Bertz CT molecular complexity index is 1180. The first-order chi connectivity index (χ1) is 16.8. The van der Waals surface area contributed by atoms with Crippen LogP contribution in [0, 0.1) is 0 Å². The van der Waals surface area contributed by atoms with E-state index in [1.807, 2.05) is 37.3 Å². The SMILES string of the molecule is CCNC(=O)[C@@H](Cc1ccccc1)N(Cc1ccc(Cl)c(Cl)c1)C(=O)COc1ccc(Cl)cc1Br. The van der Waals surface area contributed by atoms with E-state index >= 15 is 0 Å². The van der Waals surface area contributed by atoms with Gasteiger partial charge in [0.1, 0.15) is 11.8 Å². The fourth-order valence-corrected chi connectivity index (χ4v) is 4.61. The minimum Gasteiger partial charge on any atom is -0.483 e. The van der Waals surface area contributed by atoms with Crippen LogP contribution in [0.1, 0.15) is 18.1 Å². The van der Waals surface area contributed by atoms with E-state index in [2.05, 4.69) is 21.2 Å². The maximum Gasteiger partial charge on any atom is 0.261 e. The molecule has 0 bridgehead atoms. The zero-order valence-corrected chi connectivity index (χ0v) is 22.8. The van der Waals surface area contributed by atoms with Crippen molar-refractivity contribution in [2.24, 2.45) is 0 Å². The van der Waals surface area contributed by atoms with Crippen LogP contribution in [-0.2, 0) is 22.6 Å². The lowest BCUT2D eigenvalue weighted by Crippen LogP contribution is -2.51. The second kappa shape index (κ2) is 13.2. The number of rotatable bonds is 10. The van der Waals surface area contributed by atoms with Crippen LogP contribution in [-0.4, -0.2) is 35.9 Å². The molecule has 0 spiro atoms. The Kier molecular flexibility index (Phi) is 10.3. The van der Waals surface area contributed by atoms with Crippen molar-refractivity contribution in [1.82, 2.24) is 10.2 Å². The molecule has 0 aliphatic rings. The summed E-state index contributed by atoms with van der Waals surface area (Å²) in [6, 6.07) is 19.0. The van der Waals surface area contributed by atoms with Crippen molar-refractivity contribution in [3.8, 4) is 5.75 Å². The van der Waals surface area contributed by atoms with Gasteiger partial charge in [0, 0.05) is 24.5 Å². The molecule has 0 fully saturated rings. The van der Waals surface area contributed by atoms with E-state index in [0.717, 1.165) is 11.1 Å². The molecule has 9 heteroatoms. The Morgan fingerprint density at radius 2 is 1.71 bits per heavy atom. The summed E-state index contributed by atoms with van der Waals surface area (Å²) in [7, 11) is 0. The minimum atomic E-state index is -0.767. The van der Waals surface area contributed by atoms with Crippen LogP contribution >= 0.6 is 50.7 Å². The number of nitrogens with one attached hydrogen (secondary N) is 1. The second-order valence-electron chi connectivity index (χ2n) is 7.73. The monoisotopic (exact) mass is 596 g/mol. The van der Waals surface area contributed by atoms with E-state index < -0.39 is 6.04 Å². The van der Waals surface area contributed by atoms with E-state index in [4.69, 9.17) is 39.5 Å². The molecule has 2 amide bonds. The lowest BCUT2D eigenvalue weighted by Gasteiger charge is -2.31. The van der Waals surface area contributed by atoms with E-state index in [1.165, 1.54) is 4.90 Å². The lowest BCUT2D eigenvalue weighted by molar-refractivity contribution is -0.142. The highest BCUT2D eigenvalue weighted by atomic mass is 79.9. The smallest absolute Gasteiger partial charge is 0.261 e. The number of halogens is 4. The molecule has 1 N–H and O–H groups in total. The van der Waals surface area contributed by atoms with Crippen LogP contribution in [0.2, 0.25) is 15.1 Å². The summed E-state index contributed by atoms with van der Waals surface area (Å²) in [4.78, 5) is 28.2. The van der Waals surface area contributed by atoms with Gasteiger partial charge in [-0.05, 0) is 64.3 Å². The van der Waals surface area contributed by atoms with Crippen molar-refractivity contribution < 1.29 is 14.3 Å². The summed E-state index contributed by atoms with van der Waals surface area (Å²) in [5, 5.41) is 4.17. The molecule has 3 aromatic rings. The van der Waals surface area contributed by atoms with Gasteiger partial charge in [-0.2, -0.15) is 0 Å². The Hall–Kier alpha value is -2.25. The van der Waals surface area contributed by atoms with Gasteiger partial charge in [0.15, 0.2) is 6.61 Å². The predicted molar refractivity (Wildman–Crippen MR) is 144 cm³/mol. The molecular formula is C26H24BrCl3N2O3. The highest BCUT2D eigenvalue weighted by Crippen LogP contribution is 2.28. The zero-order chi connectivity index (χ0) is 25.4. The first kappa shape index (κ1) is 27.3. The summed E-state index contributed by atoms with van der Waals surface area (Å²) in [6.07, 6.45) is 0.338. The molecule has 0 saturated heterocycles. The molecule has 5 nitrogen and oxygen atoms in total. The van der Waals surface area contributed by atoms with Crippen molar-refractivity contribution in [3.05, 3.63) is 97.4 Å². The van der Waals surface area contributed by atoms with Gasteiger partial charge in [0.2, 0.25) is 5.91 Å². The van der Waals surface area contributed by atoms with Crippen molar-refractivity contribution in [1.29, 1.82) is 0 Å². The third-order valence-electron chi connectivity index (χ3n) is 5.20. The molecule has 0 aliphatic carbocycles. The summed E-state index contributed by atoms with van der Waals surface area (Å²) >= 11 is 21.7. The molecule has 3 aromatic carbocycles.